The first kappa shape index (κ1) is 30.3. The lowest BCUT2D eigenvalue weighted by Crippen LogP contribution is -2.42. The molecule has 0 bridgehead atoms. The van der Waals surface area contributed by atoms with Crippen LogP contribution in [0.5, 0.6) is 0 Å². The van der Waals surface area contributed by atoms with E-state index in [1.807, 2.05) is 36.4 Å². The van der Waals surface area contributed by atoms with Gasteiger partial charge in [0.25, 0.3) is 0 Å². The second kappa shape index (κ2) is 14.8. The smallest absolute Gasteiger partial charge is 0.378 e. The largest absolute Gasteiger partial charge is 0.439 e. The SMILES string of the molecule is C#C.CC1CN(c2nc(-c3noc(=O)[nH]3)nc3nc(N4CCOCC4)n(CC4CCCCC4)c23)CCO1.c1ccccc1. The van der Waals surface area contributed by atoms with E-state index >= 15 is 0 Å². The average Bonchev–Trinajstić information content (AvgIpc) is 3.67. The van der Waals surface area contributed by atoms with Gasteiger partial charge in [0.1, 0.15) is 5.52 Å². The number of fused-ring (bicyclic) bond motifs is 1. The van der Waals surface area contributed by atoms with Gasteiger partial charge in [0.05, 0.1) is 25.9 Å². The van der Waals surface area contributed by atoms with Crippen molar-refractivity contribution in [2.24, 2.45) is 5.92 Å². The van der Waals surface area contributed by atoms with Crippen LogP contribution in [-0.4, -0.2) is 81.8 Å². The highest BCUT2D eigenvalue weighted by Crippen LogP contribution is 2.35. The van der Waals surface area contributed by atoms with Crippen molar-refractivity contribution in [2.45, 2.75) is 51.7 Å². The van der Waals surface area contributed by atoms with Gasteiger partial charge in [0.15, 0.2) is 11.5 Å². The molecule has 4 aromatic rings. The van der Waals surface area contributed by atoms with Crippen molar-refractivity contribution in [3.8, 4) is 24.5 Å². The highest BCUT2D eigenvalue weighted by Gasteiger charge is 2.30. The monoisotopic (exact) mass is 588 g/mol. The van der Waals surface area contributed by atoms with Crippen molar-refractivity contribution in [1.29, 1.82) is 0 Å². The van der Waals surface area contributed by atoms with Crippen LogP contribution in [0, 0.1) is 18.8 Å². The summed E-state index contributed by atoms with van der Waals surface area (Å²) < 4.78 is 18.5. The average molecular weight is 589 g/mol. The first-order valence-corrected chi connectivity index (χ1v) is 15.0. The lowest BCUT2D eigenvalue weighted by Gasteiger charge is -2.33. The molecule has 1 unspecified atom stereocenters. The molecule has 228 valence electrons. The Kier molecular flexibility index (Phi) is 10.4. The van der Waals surface area contributed by atoms with Gasteiger partial charge < -0.3 is 23.8 Å². The zero-order valence-electron chi connectivity index (χ0n) is 24.7. The quantitative estimate of drug-likeness (QED) is 0.344. The summed E-state index contributed by atoms with van der Waals surface area (Å²) in [5, 5.41) is 3.83. The van der Waals surface area contributed by atoms with Crippen LogP contribution in [0.1, 0.15) is 39.0 Å². The Bertz CT molecular complexity index is 1480. The first-order chi connectivity index (χ1) is 21.2. The molecular formula is C31H40N8O4. The van der Waals surface area contributed by atoms with Gasteiger partial charge in [-0.2, -0.15) is 4.98 Å². The maximum atomic E-state index is 11.6. The maximum absolute atomic E-state index is 11.6. The van der Waals surface area contributed by atoms with Crippen LogP contribution in [0.25, 0.3) is 22.8 Å². The minimum atomic E-state index is -0.637. The van der Waals surface area contributed by atoms with Crippen molar-refractivity contribution in [3.05, 3.63) is 46.9 Å². The Labute approximate surface area is 251 Å². The third-order valence-corrected chi connectivity index (χ3v) is 7.88. The molecule has 12 heteroatoms. The molecule has 1 aliphatic carbocycles. The Morgan fingerprint density at radius 1 is 0.907 bits per heavy atom. The van der Waals surface area contributed by atoms with Crippen LogP contribution in [0.2, 0.25) is 0 Å². The summed E-state index contributed by atoms with van der Waals surface area (Å²) in [6.07, 6.45) is 14.4. The van der Waals surface area contributed by atoms with E-state index in [1.54, 1.807) is 0 Å². The lowest BCUT2D eigenvalue weighted by atomic mass is 9.89. The number of morpholine rings is 2. The molecule has 3 fully saturated rings. The van der Waals surface area contributed by atoms with Crippen LogP contribution in [0.3, 0.4) is 0 Å². The molecule has 2 aliphatic heterocycles. The topological polar surface area (TPSA) is 127 Å². The lowest BCUT2D eigenvalue weighted by molar-refractivity contribution is 0.0530. The predicted molar refractivity (Wildman–Crippen MR) is 165 cm³/mol. The van der Waals surface area contributed by atoms with Gasteiger partial charge in [0, 0.05) is 32.7 Å². The van der Waals surface area contributed by atoms with Crippen molar-refractivity contribution in [2.75, 3.05) is 55.8 Å². The van der Waals surface area contributed by atoms with Gasteiger partial charge >= 0.3 is 5.76 Å². The Morgan fingerprint density at radius 3 is 2.21 bits per heavy atom. The van der Waals surface area contributed by atoms with E-state index in [1.165, 1.54) is 32.1 Å². The third kappa shape index (κ3) is 7.42. The third-order valence-electron chi connectivity index (χ3n) is 7.88. The molecule has 12 nitrogen and oxygen atoms in total. The zero-order chi connectivity index (χ0) is 30.0. The van der Waals surface area contributed by atoms with E-state index in [-0.39, 0.29) is 11.9 Å². The molecule has 0 amide bonds. The number of aromatic nitrogens is 6. The number of imidazole rings is 1. The highest BCUT2D eigenvalue weighted by atomic mass is 16.5. The van der Waals surface area contributed by atoms with Gasteiger partial charge in [-0.3, -0.25) is 9.51 Å². The summed E-state index contributed by atoms with van der Waals surface area (Å²) >= 11 is 0. The van der Waals surface area contributed by atoms with Crippen molar-refractivity contribution in [3.63, 3.8) is 0 Å². The summed E-state index contributed by atoms with van der Waals surface area (Å²) in [6.45, 7) is 7.93. The first-order valence-electron chi connectivity index (χ1n) is 15.0. The van der Waals surface area contributed by atoms with Gasteiger partial charge in [-0.15, -0.1) is 12.8 Å². The van der Waals surface area contributed by atoms with E-state index in [9.17, 15) is 4.79 Å². The molecule has 43 heavy (non-hydrogen) atoms. The second-order valence-corrected chi connectivity index (χ2v) is 10.9. The number of rotatable bonds is 5. The fourth-order valence-electron chi connectivity index (χ4n) is 5.86. The molecule has 1 saturated carbocycles. The number of nitrogens with zero attached hydrogens (tertiary/aromatic N) is 7. The number of terminal acetylenes is 1. The van der Waals surface area contributed by atoms with Gasteiger partial charge in [-0.05, 0) is 25.7 Å². The van der Waals surface area contributed by atoms with Gasteiger partial charge in [-0.25, -0.2) is 14.8 Å². The number of benzene rings is 1. The number of aromatic amines is 1. The molecule has 0 spiro atoms. The van der Waals surface area contributed by atoms with E-state index < -0.39 is 5.76 Å². The Balaban J connectivity index is 0.000000406. The molecule has 7 rings (SSSR count). The minimum absolute atomic E-state index is 0.0810. The molecule has 1 N–H and O–H groups in total. The number of anilines is 2. The zero-order valence-corrected chi connectivity index (χ0v) is 24.7. The Morgan fingerprint density at radius 2 is 1.58 bits per heavy atom. The fraction of sp³-hybridized carbons (Fsp3) is 0.516. The molecule has 1 atom stereocenters. The van der Waals surface area contributed by atoms with E-state index in [2.05, 4.69) is 44.3 Å². The van der Waals surface area contributed by atoms with E-state index in [4.69, 9.17) is 28.9 Å². The van der Waals surface area contributed by atoms with Crippen LogP contribution in [0.4, 0.5) is 11.8 Å². The van der Waals surface area contributed by atoms with Crippen molar-refractivity contribution in [1.82, 2.24) is 29.7 Å². The van der Waals surface area contributed by atoms with Crippen LogP contribution >= 0.6 is 0 Å². The fourth-order valence-corrected chi connectivity index (χ4v) is 5.86. The number of ether oxygens (including phenoxy) is 2. The summed E-state index contributed by atoms with van der Waals surface area (Å²) in [4.78, 5) is 33.5. The van der Waals surface area contributed by atoms with Gasteiger partial charge in [0.2, 0.25) is 17.6 Å². The predicted octanol–water partition coefficient (Wildman–Crippen LogP) is 3.75. The number of nitrogens with one attached hydrogen (secondary N) is 1. The summed E-state index contributed by atoms with van der Waals surface area (Å²) in [5.74, 6) is 2.18. The number of hydrogen-bond donors (Lipinski definition) is 1. The summed E-state index contributed by atoms with van der Waals surface area (Å²) in [5.41, 5.74) is 1.53. The van der Waals surface area contributed by atoms with Crippen LogP contribution in [-0.2, 0) is 16.0 Å². The summed E-state index contributed by atoms with van der Waals surface area (Å²) in [7, 11) is 0. The van der Waals surface area contributed by atoms with Crippen molar-refractivity contribution < 1.29 is 14.0 Å². The molecular weight excluding hydrogens is 548 g/mol. The molecule has 5 heterocycles. The summed E-state index contributed by atoms with van der Waals surface area (Å²) in [6, 6.07) is 12.0. The van der Waals surface area contributed by atoms with Crippen LogP contribution in [0.15, 0.2) is 45.7 Å². The molecule has 3 aliphatic rings. The molecule has 3 aromatic heterocycles. The standard InChI is InChI=1S/C23H32N8O4.C6H6.C2H2/c1-15-13-30(9-12-34-15)21-17-18(24-19(25-21)20-27-23(32)35-28-20)26-22(29-7-10-33-11-8-29)31(17)14-16-5-3-2-4-6-16;1-2-4-6-5-3-1;1-2/h15-16H,2-14H2,1H3,(H,27,28,32);1-6H;1-2H. The molecule has 0 radical (unpaired) electrons. The normalized spacial score (nSPS) is 19.3. The molecule has 2 saturated heterocycles. The minimum Gasteiger partial charge on any atom is -0.378 e. The van der Waals surface area contributed by atoms with Crippen LogP contribution < -0.4 is 15.6 Å². The maximum Gasteiger partial charge on any atom is 0.439 e. The molecule has 1 aromatic carbocycles. The number of H-pyrrole nitrogens is 1. The van der Waals surface area contributed by atoms with E-state index in [0.29, 0.717) is 50.3 Å². The Hall–Kier alpha value is -4.21. The highest BCUT2D eigenvalue weighted by molar-refractivity contribution is 5.88. The van der Waals surface area contributed by atoms with Crippen molar-refractivity contribution >= 4 is 22.9 Å². The number of hydrogen-bond acceptors (Lipinski definition) is 10. The second-order valence-electron chi connectivity index (χ2n) is 10.9. The van der Waals surface area contributed by atoms with E-state index in [0.717, 1.165) is 36.9 Å². The van der Waals surface area contributed by atoms with Gasteiger partial charge in [-0.1, -0.05) is 60.8 Å².